The molecule has 5 nitrogen and oxygen atoms in total. The fourth-order valence-corrected chi connectivity index (χ4v) is 3.65. The average molecular weight is 340 g/mol. The lowest BCUT2D eigenvalue weighted by Gasteiger charge is -2.31. The van der Waals surface area contributed by atoms with E-state index in [1.807, 2.05) is 30.3 Å². The highest BCUT2D eigenvalue weighted by molar-refractivity contribution is 7.99. The number of nitrogens with zero attached hydrogens (tertiary/aromatic N) is 2. The molecule has 0 unspecified atom stereocenters. The van der Waals surface area contributed by atoms with Gasteiger partial charge in [0.1, 0.15) is 5.54 Å². The molecule has 1 amide bonds. The first-order valence-electron chi connectivity index (χ1n) is 8.16. The first-order valence-corrected chi connectivity index (χ1v) is 9.15. The van der Waals surface area contributed by atoms with Crippen molar-refractivity contribution in [1.29, 1.82) is 5.26 Å². The van der Waals surface area contributed by atoms with E-state index in [2.05, 4.69) is 21.4 Å². The van der Waals surface area contributed by atoms with Crippen LogP contribution in [0.2, 0.25) is 0 Å². The van der Waals surface area contributed by atoms with Crippen LogP contribution in [0.1, 0.15) is 32.1 Å². The molecule has 0 aliphatic heterocycles. The molecule has 0 spiro atoms. The quantitative estimate of drug-likeness (QED) is 0.816. The minimum atomic E-state index is -0.672. The second kappa shape index (κ2) is 7.54. The molecule has 1 aromatic heterocycles. The van der Waals surface area contributed by atoms with E-state index in [1.54, 1.807) is 6.20 Å². The van der Waals surface area contributed by atoms with E-state index in [9.17, 15) is 10.1 Å². The summed E-state index contributed by atoms with van der Waals surface area (Å²) in [5.74, 6) is 0.145. The van der Waals surface area contributed by atoms with Crippen molar-refractivity contribution >= 4 is 17.7 Å². The maximum absolute atomic E-state index is 12.2. The lowest BCUT2D eigenvalue weighted by molar-refractivity contribution is -0.120. The monoisotopic (exact) mass is 340 g/mol. The lowest BCUT2D eigenvalue weighted by Crippen LogP contribution is -2.49. The molecule has 0 atom stereocenters. The first kappa shape index (κ1) is 16.6. The molecule has 1 aliphatic carbocycles. The van der Waals surface area contributed by atoms with Gasteiger partial charge >= 0.3 is 0 Å². The number of aromatic nitrogens is 2. The zero-order chi connectivity index (χ0) is 16.8. The summed E-state index contributed by atoms with van der Waals surface area (Å²) in [7, 11) is 0. The van der Waals surface area contributed by atoms with E-state index < -0.39 is 5.54 Å². The number of hydrogen-bond donors (Lipinski definition) is 2. The Morgan fingerprint density at radius 3 is 2.75 bits per heavy atom. The van der Waals surface area contributed by atoms with Crippen LogP contribution in [-0.4, -0.2) is 27.2 Å². The zero-order valence-electron chi connectivity index (χ0n) is 13.4. The predicted octanol–water partition coefficient (Wildman–Crippen LogP) is 3.51. The van der Waals surface area contributed by atoms with E-state index >= 15 is 0 Å². The van der Waals surface area contributed by atoms with Crippen LogP contribution in [0.3, 0.4) is 0 Å². The summed E-state index contributed by atoms with van der Waals surface area (Å²) in [4.78, 5) is 19.7. The van der Waals surface area contributed by atoms with Crippen molar-refractivity contribution < 1.29 is 4.79 Å². The summed E-state index contributed by atoms with van der Waals surface area (Å²) < 4.78 is 0. The van der Waals surface area contributed by atoms with E-state index in [4.69, 9.17) is 0 Å². The molecule has 0 bridgehead atoms. The van der Waals surface area contributed by atoms with Crippen molar-refractivity contribution in [2.75, 3.05) is 5.75 Å². The van der Waals surface area contributed by atoms with Gasteiger partial charge in [0.2, 0.25) is 5.91 Å². The summed E-state index contributed by atoms with van der Waals surface area (Å²) >= 11 is 1.35. The molecule has 1 saturated carbocycles. The summed E-state index contributed by atoms with van der Waals surface area (Å²) in [6, 6.07) is 12.2. The Kier molecular flexibility index (Phi) is 5.21. The Hall–Kier alpha value is -2.26. The van der Waals surface area contributed by atoms with Crippen LogP contribution in [0.15, 0.2) is 41.7 Å². The average Bonchev–Trinajstić information content (AvgIpc) is 3.11. The smallest absolute Gasteiger partial charge is 0.231 e. The first-order chi connectivity index (χ1) is 11.7. The molecule has 1 aromatic carbocycles. The molecule has 3 rings (SSSR count). The Labute approximate surface area is 145 Å². The number of H-pyrrole nitrogens is 1. The number of nitrogens with one attached hydrogen (secondary N) is 2. The highest BCUT2D eigenvalue weighted by atomic mass is 32.2. The molecule has 2 N–H and O–H groups in total. The second-order valence-electron chi connectivity index (χ2n) is 6.06. The standard InChI is InChI=1S/C18H20N4OS/c19-13-18(9-5-2-6-10-18)22-16(23)12-24-17-20-11-15(21-17)14-7-3-1-4-8-14/h1,3-4,7-8,11H,2,5-6,9-10,12H2,(H,20,21)(H,22,23). The number of nitriles is 1. The molecular formula is C18H20N4OS. The highest BCUT2D eigenvalue weighted by Gasteiger charge is 2.33. The van der Waals surface area contributed by atoms with Crippen LogP contribution in [-0.2, 0) is 4.79 Å². The Balaban J connectivity index is 1.55. The SMILES string of the molecule is N#CC1(NC(=O)CSc2ncc(-c3ccccc3)[nH]2)CCCCC1. The van der Waals surface area contributed by atoms with Gasteiger partial charge in [0.15, 0.2) is 5.16 Å². The summed E-state index contributed by atoms with van der Waals surface area (Å²) in [6.07, 6.45) is 6.41. The number of benzene rings is 1. The maximum atomic E-state index is 12.2. The topological polar surface area (TPSA) is 81.6 Å². The van der Waals surface area contributed by atoms with Gasteiger partial charge < -0.3 is 10.3 Å². The van der Waals surface area contributed by atoms with Gasteiger partial charge in [0, 0.05) is 0 Å². The van der Waals surface area contributed by atoms with Gasteiger partial charge in [-0.25, -0.2) is 4.98 Å². The molecule has 124 valence electrons. The van der Waals surface area contributed by atoms with E-state index in [-0.39, 0.29) is 11.7 Å². The summed E-state index contributed by atoms with van der Waals surface area (Å²) in [5, 5.41) is 13.1. The molecule has 0 radical (unpaired) electrons. The zero-order valence-corrected chi connectivity index (χ0v) is 14.2. The number of thioether (sulfide) groups is 1. The number of carbonyl (C=O) groups excluding carboxylic acids is 1. The molecule has 2 aromatic rings. The van der Waals surface area contributed by atoms with Gasteiger partial charge in [0.25, 0.3) is 0 Å². The molecule has 0 saturated heterocycles. The van der Waals surface area contributed by atoms with Crippen LogP contribution < -0.4 is 5.32 Å². The highest BCUT2D eigenvalue weighted by Crippen LogP contribution is 2.28. The van der Waals surface area contributed by atoms with Crippen LogP contribution in [0.5, 0.6) is 0 Å². The van der Waals surface area contributed by atoms with Crippen LogP contribution in [0, 0.1) is 11.3 Å². The molecule has 1 aliphatic rings. The van der Waals surface area contributed by atoms with E-state index in [0.29, 0.717) is 5.16 Å². The Morgan fingerprint density at radius 2 is 2.04 bits per heavy atom. The number of aromatic amines is 1. The summed E-state index contributed by atoms with van der Waals surface area (Å²) in [6.45, 7) is 0. The van der Waals surface area contributed by atoms with Crippen LogP contribution in [0.4, 0.5) is 0 Å². The van der Waals surface area contributed by atoms with Gasteiger partial charge in [-0.1, -0.05) is 61.4 Å². The van der Waals surface area contributed by atoms with Gasteiger partial charge in [0.05, 0.1) is 23.7 Å². The van der Waals surface area contributed by atoms with Crippen molar-refractivity contribution in [3.63, 3.8) is 0 Å². The molecular weight excluding hydrogens is 320 g/mol. The van der Waals surface area contributed by atoms with Crippen molar-refractivity contribution in [3.05, 3.63) is 36.5 Å². The van der Waals surface area contributed by atoms with Crippen molar-refractivity contribution in [2.24, 2.45) is 0 Å². The van der Waals surface area contributed by atoms with Crippen LogP contribution in [0.25, 0.3) is 11.3 Å². The third-order valence-electron chi connectivity index (χ3n) is 4.28. The Bertz CT molecular complexity index is 729. The van der Waals surface area contributed by atoms with E-state index in [1.165, 1.54) is 11.8 Å². The molecule has 1 fully saturated rings. The molecule has 1 heterocycles. The van der Waals surface area contributed by atoms with Gasteiger partial charge in [-0.2, -0.15) is 5.26 Å². The normalized spacial score (nSPS) is 16.3. The summed E-state index contributed by atoms with van der Waals surface area (Å²) in [5.41, 5.74) is 1.32. The van der Waals surface area contributed by atoms with Crippen molar-refractivity contribution in [2.45, 2.75) is 42.8 Å². The lowest BCUT2D eigenvalue weighted by atomic mass is 9.83. The largest absolute Gasteiger partial charge is 0.337 e. The van der Waals surface area contributed by atoms with Crippen molar-refractivity contribution in [1.82, 2.24) is 15.3 Å². The fourth-order valence-electron chi connectivity index (χ4n) is 3.00. The third-order valence-corrected chi connectivity index (χ3v) is 5.16. The molecule has 24 heavy (non-hydrogen) atoms. The minimum Gasteiger partial charge on any atom is -0.337 e. The number of amides is 1. The fraction of sp³-hybridized carbons (Fsp3) is 0.389. The Morgan fingerprint density at radius 1 is 1.29 bits per heavy atom. The predicted molar refractivity (Wildman–Crippen MR) is 94.3 cm³/mol. The number of hydrogen-bond acceptors (Lipinski definition) is 4. The van der Waals surface area contributed by atoms with E-state index in [0.717, 1.165) is 43.4 Å². The maximum Gasteiger partial charge on any atom is 0.231 e. The van der Waals surface area contributed by atoms with Crippen LogP contribution >= 0.6 is 11.8 Å². The van der Waals surface area contributed by atoms with Gasteiger partial charge in [-0.3, -0.25) is 4.79 Å². The number of rotatable bonds is 5. The third kappa shape index (κ3) is 3.98. The molecule has 6 heteroatoms. The van der Waals surface area contributed by atoms with Gasteiger partial charge in [-0.15, -0.1) is 0 Å². The number of imidazole rings is 1. The number of carbonyl (C=O) groups is 1. The minimum absolute atomic E-state index is 0.110. The second-order valence-corrected chi connectivity index (χ2v) is 7.02. The van der Waals surface area contributed by atoms with Crippen molar-refractivity contribution in [3.8, 4) is 17.3 Å². The van der Waals surface area contributed by atoms with Gasteiger partial charge in [-0.05, 0) is 18.4 Å².